The fraction of sp³-hybridized carbons (Fsp3) is 1.00. The summed E-state index contributed by atoms with van der Waals surface area (Å²) in [6.07, 6.45) is 11.2. The molecule has 0 aromatic rings. The summed E-state index contributed by atoms with van der Waals surface area (Å²) in [6, 6.07) is 0. The SMILES string of the molecule is CCCCC1CCN(OC(N)C(C)(C)CCCC(C)(C)CC)CC1. The van der Waals surface area contributed by atoms with Crippen LogP contribution in [0.5, 0.6) is 0 Å². The Kier molecular flexibility index (Phi) is 9.25. The lowest BCUT2D eigenvalue weighted by molar-refractivity contribution is -0.235. The molecule has 1 fully saturated rings. The van der Waals surface area contributed by atoms with Crippen LogP contribution in [0.15, 0.2) is 0 Å². The average Bonchev–Trinajstić information content (AvgIpc) is 2.53. The number of nitrogens with two attached hydrogens (primary N) is 1. The van der Waals surface area contributed by atoms with Gasteiger partial charge < -0.3 is 5.73 Å². The van der Waals surface area contributed by atoms with Crippen molar-refractivity contribution in [2.75, 3.05) is 13.1 Å². The minimum Gasteiger partial charge on any atom is -0.304 e. The Morgan fingerprint density at radius 2 is 1.67 bits per heavy atom. The van der Waals surface area contributed by atoms with E-state index in [1.807, 2.05) is 0 Å². The Labute approximate surface area is 151 Å². The standard InChI is InChI=1S/C21H44N2O/c1-7-9-11-18-12-16-23(17-13-18)24-19(22)21(5,6)15-10-14-20(3,4)8-2/h18-19H,7-17,22H2,1-6H3. The van der Waals surface area contributed by atoms with Gasteiger partial charge in [-0.25, -0.2) is 0 Å². The Bertz CT molecular complexity index is 333. The van der Waals surface area contributed by atoms with Crippen LogP contribution in [0.25, 0.3) is 0 Å². The van der Waals surface area contributed by atoms with Crippen LogP contribution in [-0.2, 0) is 4.84 Å². The molecule has 1 atom stereocenters. The second-order valence-corrected chi connectivity index (χ2v) is 9.40. The molecule has 0 aromatic carbocycles. The lowest BCUT2D eigenvalue weighted by Gasteiger charge is -2.38. The highest BCUT2D eigenvalue weighted by Crippen LogP contribution is 2.33. The first-order valence-electron chi connectivity index (χ1n) is 10.4. The van der Waals surface area contributed by atoms with Gasteiger partial charge >= 0.3 is 0 Å². The summed E-state index contributed by atoms with van der Waals surface area (Å²) in [7, 11) is 0. The fourth-order valence-electron chi connectivity index (χ4n) is 3.44. The molecule has 1 saturated heterocycles. The molecule has 1 aliphatic heterocycles. The van der Waals surface area contributed by atoms with Crippen LogP contribution in [0.1, 0.15) is 99.3 Å². The third kappa shape index (κ3) is 7.84. The first-order chi connectivity index (χ1) is 11.2. The van der Waals surface area contributed by atoms with E-state index in [4.69, 9.17) is 10.6 Å². The highest BCUT2D eigenvalue weighted by molar-refractivity contribution is 4.77. The molecule has 0 radical (unpaired) electrons. The molecule has 0 aliphatic carbocycles. The number of nitrogens with zero attached hydrogens (tertiary/aromatic N) is 1. The van der Waals surface area contributed by atoms with Gasteiger partial charge in [-0.1, -0.05) is 73.6 Å². The van der Waals surface area contributed by atoms with Gasteiger partial charge in [0.2, 0.25) is 0 Å². The molecule has 0 bridgehead atoms. The molecule has 0 aromatic heterocycles. The predicted molar refractivity (Wildman–Crippen MR) is 105 cm³/mol. The summed E-state index contributed by atoms with van der Waals surface area (Å²) in [5, 5.41) is 2.13. The van der Waals surface area contributed by atoms with Crippen LogP contribution in [0.2, 0.25) is 0 Å². The maximum Gasteiger partial charge on any atom is 0.132 e. The lowest BCUT2D eigenvalue weighted by Crippen LogP contribution is -2.46. The molecule has 144 valence electrons. The molecular weight excluding hydrogens is 296 g/mol. The molecule has 0 spiro atoms. The minimum atomic E-state index is -0.200. The van der Waals surface area contributed by atoms with Crippen molar-refractivity contribution < 1.29 is 4.84 Å². The van der Waals surface area contributed by atoms with Gasteiger partial charge in [-0.3, -0.25) is 4.84 Å². The van der Waals surface area contributed by atoms with E-state index < -0.39 is 0 Å². The van der Waals surface area contributed by atoms with Crippen LogP contribution >= 0.6 is 0 Å². The predicted octanol–water partition coefficient (Wildman–Crippen LogP) is 5.74. The molecule has 0 amide bonds. The van der Waals surface area contributed by atoms with E-state index in [0.717, 1.165) is 25.4 Å². The molecule has 24 heavy (non-hydrogen) atoms. The molecule has 1 unspecified atom stereocenters. The quantitative estimate of drug-likeness (QED) is 0.488. The third-order valence-corrected chi connectivity index (χ3v) is 6.20. The Morgan fingerprint density at radius 3 is 2.21 bits per heavy atom. The molecule has 2 N–H and O–H groups in total. The van der Waals surface area contributed by atoms with E-state index in [1.165, 1.54) is 51.4 Å². The van der Waals surface area contributed by atoms with E-state index >= 15 is 0 Å². The molecule has 3 heteroatoms. The number of unbranched alkanes of at least 4 members (excludes halogenated alkanes) is 1. The van der Waals surface area contributed by atoms with Crippen LogP contribution in [0, 0.1) is 16.7 Å². The van der Waals surface area contributed by atoms with Crippen molar-refractivity contribution in [1.29, 1.82) is 0 Å². The van der Waals surface area contributed by atoms with Gasteiger partial charge in [0, 0.05) is 18.5 Å². The number of hydrogen-bond acceptors (Lipinski definition) is 3. The van der Waals surface area contributed by atoms with Crippen LogP contribution in [0.3, 0.4) is 0 Å². The van der Waals surface area contributed by atoms with Crippen molar-refractivity contribution in [1.82, 2.24) is 5.06 Å². The summed E-state index contributed by atoms with van der Waals surface area (Å²) < 4.78 is 0. The van der Waals surface area contributed by atoms with Gasteiger partial charge in [0.15, 0.2) is 0 Å². The van der Waals surface area contributed by atoms with E-state index in [9.17, 15) is 0 Å². The minimum absolute atomic E-state index is 0.0306. The largest absolute Gasteiger partial charge is 0.304 e. The first-order valence-corrected chi connectivity index (χ1v) is 10.4. The zero-order chi connectivity index (χ0) is 18.2. The van der Waals surface area contributed by atoms with Gasteiger partial charge in [0.1, 0.15) is 6.23 Å². The Hall–Kier alpha value is -0.120. The van der Waals surface area contributed by atoms with Crippen LogP contribution in [-0.4, -0.2) is 24.4 Å². The van der Waals surface area contributed by atoms with Gasteiger partial charge in [-0.2, -0.15) is 5.06 Å². The summed E-state index contributed by atoms with van der Waals surface area (Å²) >= 11 is 0. The van der Waals surface area contributed by atoms with E-state index in [0.29, 0.717) is 5.41 Å². The molecule has 1 rings (SSSR count). The fourth-order valence-corrected chi connectivity index (χ4v) is 3.44. The van der Waals surface area contributed by atoms with Gasteiger partial charge in [-0.05, 0) is 37.0 Å². The normalized spacial score (nSPS) is 19.6. The molecule has 1 aliphatic rings. The third-order valence-electron chi connectivity index (χ3n) is 6.20. The topological polar surface area (TPSA) is 38.5 Å². The van der Waals surface area contributed by atoms with E-state index in [2.05, 4.69) is 46.6 Å². The van der Waals surface area contributed by atoms with Crippen molar-refractivity contribution in [2.45, 2.75) is 106 Å². The zero-order valence-electron chi connectivity index (χ0n) is 17.4. The molecule has 0 saturated carbocycles. The zero-order valence-corrected chi connectivity index (χ0v) is 17.4. The number of rotatable bonds is 11. The van der Waals surface area contributed by atoms with Gasteiger partial charge in [0.05, 0.1) is 0 Å². The summed E-state index contributed by atoms with van der Waals surface area (Å²) in [6.45, 7) is 15.9. The summed E-state index contributed by atoms with van der Waals surface area (Å²) in [5.41, 5.74) is 6.89. The highest BCUT2D eigenvalue weighted by atomic mass is 16.7. The number of piperidine rings is 1. The lowest BCUT2D eigenvalue weighted by atomic mass is 9.79. The smallest absolute Gasteiger partial charge is 0.132 e. The highest BCUT2D eigenvalue weighted by Gasteiger charge is 2.31. The maximum atomic E-state index is 6.42. The summed E-state index contributed by atoms with van der Waals surface area (Å²) in [4.78, 5) is 6.13. The Morgan fingerprint density at radius 1 is 1.04 bits per heavy atom. The number of hydrogen-bond donors (Lipinski definition) is 1. The Balaban J connectivity index is 2.31. The first kappa shape index (κ1) is 21.9. The second kappa shape index (κ2) is 10.1. The monoisotopic (exact) mass is 340 g/mol. The summed E-state index contributed by atoms with van der Waals surface area (Å²) in [5.74, 6) is 0.894. The van der Waals surface area contributed by atoms with Crippen LogP contribution < -0.4 is 5.73 Å². The van der Waals surface area contributed by atoms with Crippen molar-refractivity contribution in [3.05, 3.63) is 0 Å². The molecular formula is C21H44N2O. The van der Waals surface area contributed by atoms with Crippen molar-refractivity contribution >= 4 is 0 Å². The van der Waals surface area contributed by atoms with Gasteiger partial charge in [0.25, 0.3) is 0 Å². The van der Waals surface area contributed by atoms with Crippen molar-refractivity contribution in [3.63, 3.8) is 0 Å². The van der Waals surface area contributed by atoms with Crippen LogP contribution in [0.4, 0.5) is 0 Å². The number of hydroxylamine groups is 2. The van der Waals surface area contributed by atoms with E-state index in [1.54, 1.807) is 0 Å². The molecule has 1 heterocycles. The van der Waals surface area contributed by atoms with E-state index in [-0.39, 0.29) is 11.6 Å². The average molecular weight is 341 g/mol. The van der Waals surface area contributed by atoms with Crippen molar-refractivity contribution in [2.24, 2.45) is 22.5 Å². The second-order valence-electron chi connectivity index (χ2n) is 9.40. The molecule has 3 nitrogen and oxygen atoms in total. The van der Waals surface area contributed by atoms with Gasteiger partial charge in [-0.15, -0.1) is 0 Å². The maximum absolute atomic E-state index is 6.42. The van der Waals surface area contributed by atoms with Crippen molar-refractivity contribution in [3.8, 4) is 0 Å².